The molecular weight excluding hydrogens is 409 g/mol. The molecule has 0 heterocycles. The molecule has 4 heteroatoms. The summed E-state index contributed by atoms with van der Waals surface area (Å²) in [5.74, 6) is -0.222. The van der Waals surface area contributed by atoms with E-state index in [9.17, 15) is 18.0 Å². The minimum atomic E-state index is -4.72. The average molecular weight is 451 g/mol. The highest BCUT2D eigenvalue weighted by Gasteiger charge is 2.78. The van der Waals surface area contributed by atoms with Gasteiger partial charge >= 0.3 is 6.18 Å². The summed E-state index contributed by atoms with van der Waals surface area (Å²) in [6.07, 6.45) is 5.67. The van der Waals surface area contributed by atoms with E-state index in [2.05, 4.69) is 34.6 Å². The topological polar surface area (TPSA) is 17.1 Å². The second-order valence-corrected chi connectivity index (χ2v) is 13.5. The number of rotatable bonds is 3. The molecule has 4 saturated carbocycles. The zero-order chi connectivity index (χ0) is 23.5. The smallest absolute Gasteiger partial charge is 0.290 e. The highest BCUT2D eigenvalue weighted by atomic mass is 19.4. The molecule has 1 nitrogen and oxygen atoms in total. The molecule has 0 aromatic heterocycles. The maximum Gasteiger partial charge on any atom is 0.449 e. The van der Waals surface area contributed by atoms with Gasteiger partial charge in [0.25, 0.3) is 0 Å². The van der Waals surface area contributed by atoms with Crippen LogP contribution >= 0.6 is 0 Å². The maximum absolute atomic E-state index is 13.0. The standard InChI is InChI=1S/C28H41F3O/c1-17-9-12-27-16-26(27)14-13-25(6)19(20(26)7-8-21(27)23(17,3)4)10-11-24(25,5)18(2)15-22(32)28(29,30)31/h17-18,21H,7-16H2,1-6H3/t17-,18-,21+,24+,25+,26+,27-/m1/s1. The van der Waals surface area contributed by atoms with E-state index in [0.717, 1.165) is 31.1 Å². The van der Waals surface area contributed by atoms with E-state index in [1.54, 1.807) is 11.1 Å². The van der Waals surface area contributed by atoms with Crippen LogP contribution in [0.2, 0.25) is 0 Å². The van der Waals surface area contributed by atoms with Crippen LogP contribution in [-0.4, -0.2) is 12.0 Å². The SMILES string of the molecule is C[C@@H]1CC[C@]23C[C@]24CC[C@@]2(C)C(=C4CC[C@H]3C1(C)C)CC[C@@]2(C)[C@H](C)CC(=O)C(F)(F)F. The Labute approximate surface area is 192 Å². The summed E-state index contributed by atoms with van der Waals surface area (Å²) in [6.45, 7) is 13.9. The molecule has 0 unspecified atom stereocenters. The number of fused-ring (bicyclic) bond motifs is 1. The van der Waals surface area contributed by atoms with E-state index in [1.165, 1.54) is 38.5 Å². The third kappa shape index (κ3) is 2.56. The number of carbonyl (C=O) groups excluding carboxylic acids is 1. The van der Waals surface area contributed by atoms with Crippen LogP contribution in [0.15, 0.2) is 11.1 Å². The third-order valence-corrected chi connectivity index (χ3v) is 12.7. The molecule has 0 N–H and O–H groups in total. The number of halogens is 3. The van der Waals surface area contributed by atoms with Gasteiger partial charge in [-0.2, -0.15) is 13.2 Å². The van der Waals surface area contributed by atoms with Crippen molar-refractivity contribution in [2.45, 2.75) is 112 Å². The Balaban J connectivity index is 1.48. The lowest BCUT2D eigenvalue weighted by Gasteiger charge is -2.57. The summed E-state index contributed by atoms with van der Waals surface area (Å²) in [4.78, 5) is 11.8. The van der Waals surface area contributed by atoms with Gasteiger partial charge in [-0.25, -0.2) is 0 Å². The summed E-state index contributed by atoms with van der Waals surface area (Å²) in [5.41, 5.74) is 4.30. The second-order valence-electron chi connectivity index (χ2n) is 13.5. The molecule has 180 valence electrons. The lowest BCUT2D eigenvalue weighted by Crippen LogP contribution is -2.49. The van der Waals surface area contributed by atoms with Gasteiger partial charge < -0.3 is 0 Å². The van der Waals surface area contributed by atoms with E-state index in [0.29, 0.717) is 16.2 Å². The fraction of sp³-hybridized carbons (Fsp3) is 0.893. The Bertz CT molecular complexity index is 884. The van der Waals surface area contributed by atoms with Crippen LogP contribution in [0.4, 0.5) is 13.2 Å². The maximum atomic E-state index is 13.0. The largest absolute Gasteiger partial charge is 0.449 e. The first kappa shape index (κ1) is 23.0. The second kappa shape index (κ2) is 6.45. The van der Waals surface area contributed by atoms with Crippen molar-refractivity contribution in [3.05, 3.63) is 11.1 Å². The lowest BCUT2D eigenvalue weighted by atomic mass is 9.47. The van der Waals surface area contributed by atoms with Gasteiger partial charge in [0.15, 0.2) is 0 Å². The molecule has 7 atom stereocenters. The number of carbonyl (C=O) groups is 1. The Morgan fingerprint density at radius 2 is 1.69 bits per heavy atom. The fourth-order valence-electron chi connectivity index (χ4n) is 9.94. The van der Waals surface area contributed by atoms with E-state index in [4.69, 9.17) is 0 Å². The minimum absolute atomic E-state index is 0.0625. The van der Waals surface area contributed by atoms with E-state index < -0.39 is 12.0 Å². The Morgan fingerprint density at radius 1 is 1.00 bits per heavy atom. The number of Topliss-reactive ketones (excluding diaryl/α,β-unsaturated/α-hetero) is 1. The summed E-state index contributed by atoms with van der Waals surface area (Å²) in [6, 6.07) is 0. The van der Waals surface area contributed by atoms with Crippen LogP contribution in [-0.2, 0) is 4.79 Å². The number of ketones is 1. The quantitative estimate of drug-likeness (QED) is 0.395. The molecule has 0 saturated heterocycles. The van der Waals surface area contributed by atoms with E-state index >= 15 is 0 Å². The van der Waals surface area contributed by atoms with Gasteiger partial charge in [-0.1, -0.05) is 52.7 Å². The number of alkyl halides is 3. The molecule has 5 aliphatic rings. The average Bonchev–Trinajstić information content (AvgIpc) is 3.28. The number of hydrogen-bond donors (Lipinski definition) is 0. The number of hydrogen-bond acceptors (Lipinski definition) is 1. The molecule has 5 rings (SSSR count). The first-order valence-electron chi connectivity index (χ1n) is 13.0. The monoisotopic (exact) mass is 450 g/mol. The van der Waals surface area contributed by atoms with Crippen molar-refractivity contribution in [2.24, 2.45) is 44.8 Å². The minimum Gasteiger partial charge on any atom is -0.290 e. The Hall–Kier alpha value is -0.800. The zero-order valence-corrected chi connectivity index (χ0v) is 20.8. The van der Waals surface area contributed by atoms with Crippen LogP contribution < -0.4 is 0 Å². The highest BCUT2D eigenvalue weighted by molar-refractivity contribution is 5.84. The molecule has 0 aromatic carbocycles. The van der Waals surface area contributed by atoms with Gasteiger partial charge in [0.1, 0.15) is 0 Å². The van der Waals surface area contributed by atoms with E-state index in [1.807, 2.05) is 6.92 Å². The molecular formula is C28H41F3O. The normalized spacial score (nSPS) is 47.8. The van der Waals surface area contributed by atoms with Crippen LogP contribution in [0, 0.1) is 44.8 Å². The van der Waals surface area contributed by atoms with E-state index in [-0.39, 0.29) is 23.2 Å². The van der Waals surface area contributed by atoms with Crippen LogP contribution in [0.3, 0.4) is 0 Å². The molecule has 0 radical (unpaired) electrons. The van der Waals surface area contributed by atoms with Gasteiger partial charge in [0, 0.05) is 6.42 Å². The molecule has 0 bridgehead atoms. The van der Waals surface area contributed by atoms with Crippen molar-refractivity contribution in [1.82, 2.24) is 0 Å². The highest BCUT2D eigenvalue weighted by Crippen LogP contribution is 2.86. The number of allylic oxidation sites excluding steroid dienone is 2. The van der Waals surface area contributed by atoms with Gasteiger partial charge in [-0.15, -0.1) is 0 Å². The van der Waals surface area contributed by atoms with Crippen molar-refractivity contribution < 1.29 is 18.0 Å². The van der Waals surface area contributed by atoms with Crippen molar-refractivity contribution in [3.8, 4) is 0 Å². The van der Waals surface area contributed by atoms with Crippen LogP contribution in [0.1, 0.15) is 106 Å². The molecule has 5 aliphatic carbocycles. The fourth-order valence-corrected chi connectivity index (χ4v) is 9.94. The third-order valence-electron chi connectivity index (χ3n) is 12.7. The lowest BCUT2D eigenvalue weighted by molar-refractivity contribution is -0.173. The molecule has 0 aliphatic heterocycles. The van der Waals surface area contributed by atoms with Gasteiger partial charge in [-0.05, 0) is 103 Å². The van der Waals surface area contributed by atoms with Gasteiger partial charge in [0.05, 0.1) is 0 Å². The Kier molecular flexibility index (Phi) is 4.63. The summed E-state index contributed by atoms with van der Waals surface area (Å²) >= 11 is 0. The molecule has 32 heavy (non-hydrogen) atoms. The predicted octanol–water partition coefficient (Wildman–Crippen LogP) is 8.28. The molecule has 2 spiro atoms. The molecule has 0 amide bonds. The predicted molar refractivity (Wildman–Crippen MR) is 121 cm³/mol. The van der Waals surface area contributed by atoms with Crippen LogP contribution in [0.5, 0.6) is 0 Å². The van der Waals surface area contributed by atoms with Crippen molar-refractivity contribution in [3.63, 3.8) is 0 Å². The van der Waals surface area contributed by atoms with Crippen molar-refractivity contribution in [2.75, 3.05) is 0 Å². The van der Waals surface area contributed by atoms with Crippen molar-refractivity contribution >= 4 is 5.78 Å². The molecule has 0 aromatic rings. The first-order chi connectivity index (χ1) is 14.7. The van der Waals surface area contributed by atoms with Gasteiger partial charge in [0.2, 0.25) is 5.78 Å². The summed E-state index contributed by atoms with van der Waals surface area (Å²) in [5, 5.41) is 0. The molecule has 4 fully saturated rings. The zero-order valence-electron chi connectivity index (χ0n) is 20.8. The summed E-state index contributed by atoms with van der Waals surface area (Å²) in [7, 11) is 0. The Morgan fingerprint density at radius 3 is 2.34 bits per heavy atom. The van der Waals surface area contributed by atoms with Crippen molar-refractivity contribution in [1.29, 1.82) is 0 Å². The van der Waals surface area contributed by atoms with Gasteiger partial charge in [-0.3, -0.25) is 4.79 Å². The summed E-state index contributed by atoms with van der Waals surface area (Å²) < 4.78 is 39.0. The van der Waals surface area contributed by atoms with Crippen LogP contribution in [0.25, 0.3) is 0 Å². The first-order valence-corrected chi connectivity index (χ1v) is 13.0.